The summed E-state index contributed by atoms with van der Waals surface area (Å²) in [4.78, 5) is 23.2. The monoisotopic (exact) mass is 350 g/mol. The van der Waals surface area contributed by atoms with Crippen LogP contribution in [0.3, 0.4) is 0 Å². The van der Waals surface area contributed by atoms with Gasteiger partial charge in [0.05, 0.1) is 12.2 Å². The van der Waals surface area contributed by atoms with Crippen molar-refractivity contribution in [2.24, 2.45) is 0 Å². The quantitative estimate of drug-likeness (QED) is 0.797. The van der Waals surface area contributed by atoms with Gasteiger partial charge in [-0.3, -0.25) is 9.59 Å². The number of hydrogen-bond acceptors (Lipinski definition) is 4. The third-order valence-electron chi connectivity index (χ3n) is 5.10. The van der Waals surface area contributed by atoms with E-state index >= 15 is 0 Å². The van der Waals surface area contributed by atoms with Crippen LogP contribution >= 0.6 is 0 Å². The fourth-order valence-electron chi connectivity index (χ4n) is 3.80. The van der Waals surface area contributed by atoms with E-state index < -0.39 is 0 Å². The topological polar surface area (TPSA) is 87.5 Å². The van der Waals surface area contributed by atoms with Crippen LogP contribution in [0.25, 0.3) is 0 Å². The highest BCUT2D eigenvalue weighted by Gasteiger charge is 2.22. The summed E-state index contributed by atoms with van der Waals surface area (Å²) in [6.45, 7) is 4.18. The molecule has 2 aliphatic rings. The van der Waals surface area contributed by atoms with Crippen molar-refractivity contribution < 1.29 is 14.7 Å². The lowest BCUT2D eigenvalue weighted by Gasteiger charge is -2.32. The number of anilines is 1. The molecule has 0 radical (unpaired) electrons. The summed E-state index contributed by atoms with van der Waals surface area (Å²) < 4.78 is 2.01. The summed E-state index contributed by atoms with van der Waals surface area (Å²) in [5, 5.41) is 14.4. The first-order valence-corrected chi connectivity index (χ1v) is 9.31. The Hall–Kier alpha value is -1.89. The second-order valence-electron chi connectivity index (χ2n) is 6.90. The Labute approximate surface area is 149 Å². The molecule has 0 spiro atoms. The Morgan fingerprint density at radius 2 is 1.96 bits per heavy atom. The predicted octanol–water partition coefficient (Wildman–Crippen LogP) is 2.90. The van der Waals surface area contributed by atoms with Crippen molar-refractivity contribution >= 4 is 18.2 Å². The van der Waals surface area contributed by atoms with Gasteiger partial charge in [-0.15, -0.1) is 0 Å². The second kappa shape index (κ2) is 10.2. The number of carbonyl (C=O) groups excluding carboxylic acids is 1. The number of piperidine rings is 1. The van der Waals surface area contributed by atoms with Gasteiger partial charge in [0.25, 0.3) is 6.47 Å². The summed E-state index contributed by atoms with van der Waals surface area (Å²) >= 11 is 0. The number of rotatable bonds is 5. The van der Waals surface area contributed by atoms with Crippen molar-refractivity contribution in [2.45, 2.75) is 70.4 Å². The standard InChI is InChI=1S/C17H28N4O.CH2O2/c1-14(20-11-5-2-6-12-20)13-17(22)19-16-9-10-18-21(16)15-7-3-4-8-15;2-1-3/h9-10,14-15H,2-8,11-13H2,1H3,(H,19,22);1H,(H,2,3). The molecule has 0 aromatic carbocycles. The largest absolute Gasteiger partial charge is 0.483 e. The molecule has 1 unspecified atom stereocenters. The molecule has 0 bridgehead atoms. The lowest BCUT2D eigenvalue weighted by Crippen LogP contribution is -2.39. The van der Waals surface area contributed by atoms with Gasteiger partial charge in [0, 0.05) is 18.5 Å². The van der Waals surface area contributed by atoms with Gasteiger partial charge in [0.2, 0.25) is 5.91 Å². The maximum Gasteiger partial charge on any atom is 0.290 e. The number of nitrogens with one attached hydrogen (secondary N) is 1. The zero-order valence-corrected chi connectivity index (χ0v) is 15.1. The Morgan fingerprint density at radius 3 is 2.60 bits per heavy atom. The van der Waals surface area contributed by atoms with Crippen LogP contribution in [0.2, 0.25) is 0 Å². The SMILES string of the molecule is CC(CC(=O)Nc1ccnn1C1CCCC1)N1CCCCC1.O=CO. The summed E-state index contributed by atoms with van der Waals surface area (Å²) in [5.74, 6) is 0.973. The predicted molar refractivity (Wildman–Crippen MR) is 96.6 cm³/mol. The Balaban J connectivity index is 0.000000701. The molecule has 1 aliphatic heterocycles. The number of nitrogens with zero attached hydrogens (tertiary/aromatic N) is 3. The zero-order valence-electron chi connectivity index (χ0n) is 15.1. The maximum absolute atomic E-state index is 12.4. The minimum Gasteiger partial charge on any atom is -0.483 e. The van der Waals surface area contributed by atoms with Gasteiger partial charge >= 0.3 is 0 Å². The Kier molecular flexibility index (Phi) is 7.91. The summed E-state index contributed by atoms with van der Waals surface area (Å²) in [7, 11) is 0. The minimum atomic E-state index is -0.250. The lowest BCUT2D eigenvalue weighted by molar-refractivity contribution is -0.123. The molecule has 1 aromatic rings. The zero-order chi connectivity index (χ0) is 18.1. The summed E-state index contributed by atoms with van der Waals surface area (Å²) in [6, 6.07) is 2.70. The molecular formula is C18H30N4O3. The van der Waals surface area contributed by atoms with Crippen LogP contribution in [-0.2, 0) is 9.59 Å². The van der Waals surface area contributed by atoms with Crippen molar-refractivity contribution in [3.63, 3.8) is 0 Å². The third kappa shape index (κ3) is 5.85. The van der Waals surface area contributed by atoms with Crippen molar-refractivity contribution in [2.75, 3.05) is 18.4 Å². The molecule has 2 fully saturated rings. The number of aromatic nitrogens is 2. The van der Waals surface area contributed by atoms with E-state index in [0.29, 0.717) is 18.5 Å². The highest BCUT2D eigenvalue weighted by Crippen LogP contribution is 2.31. The van der Waals surface area contributed by atoms with Gasteiger partial charge < -0.3 is 15.3 Å². The fraction of sp³-hybridized carbons (Fsp3) is 0.722. The van der Waals surface area contributed by atoms with E-state index in [0.717, 1.165) is 18.9 Å². The van der Waals surface area contributed by atoms with E-state index in [1.807, 2.05) is 10.7 Å². The van der Waals surface area contributed by atoms with Gasteiger partial charge in [-0.2, -0.15) is 5.10 Å². The first-order valence-electron chi connectivity index (χ1n) is 9.31. The minimum absolute atomic E-state index is 0.109. The number of likely N-dealkylation sites (tertiary alicyclic amines) is 1. The molecule has 1 atom stereocenters. The molecule has 140 valence electrons. The van der Waals surface area contributed by atoms with Crippen LogP contribution in [0.1, 0.15) is 64.3 Å². The van der Waals surface area contributed by atoms with Crippen LogP contribution in [0.5, 0.6) is 0 Å². The fourth-order valence-corrected chi connectivity index (χ4v) is 3.80. The van der Waals surface area contributed by atoms with Crippen LogP contribution in [0.4, 0.5) is 5.82 Å². The molecule has 1 aliphatic carbocycles. The summed E-state index contributed by atoms with van der Waals surface area (Å²) in [6.07, 6.45) is 11.1. The first kappa shape index (κ1) is 19.4. The molecule has 2 heterocycles. The Bertz CT molecular complexity index is 534. The molecule has 2 N–H and O–H groups in total. The van der Waals surface area contributed by atoms with Crippen molar-refractivity contribution in [1.82, 2.24) is 14.7 Å². The van der Waals surface area contributed by atoms with E-state index in [1.54, 1.807) is 6.20 Å². The lowest BCUT2D eigenvalue weighted by atomic mass is 10.1. The first-order chi connectivity index (χ1) is 12.2. The summed E-state index contributed by atoms with van der Waals surface area (Å²) in [5.41, 5.74) is 0. The number of amides is 1. The van der Waals surface area contributed by atoms with Crippen LogP contribution in [0, 0.1) is 0 Å². The average Bonchev–Trinajstić information content (AvgIpc) is 3.27. The van der Waals surface area contributed by atoms with Crippen LogP contribution < -0.4 is 5.32 Å². The van der Waals surface area contributed by atoms with Crippen LogP contribution in [-0.4, -0.2) is 51.3 Å². The molecule has 3 rings (SSSR count). The molecule has 1 saturated heterocycles. The van der Waals surface area contributed by atoms with E-state index in [1.165, 1.54) is 44.9 Å². The Morgan fingerprint density at radius 1 is 1.32 bits per heavy atom. The van der Waals surface area contributed by atoms with Gasteiger partial charge in [-0.1, -0.05) is 19.3 Å². The van der Waals surface area contributed by atoms with Gasteiger partial charge in [-0.05, 0) is 45.7 Å². The van der Waals surface area contributed by atoms with E-state index in [2.05, 4.69) is 22.2 Å². The van der Waals surface area contributed by atoms with E-state index in [4.69, 9.17) is 9.90 Å². The molecular weight excluding hydrogens is 320 g/mol. The maximum atomic E-state index is 12.4. The third-order valence-corrected chi connectivity index (χ3v) is 5.10. The molecule has 7 heteroatoms. The normalized spacial score (nSPS) is 19.7. The highest BCUT2D eigenvalue weighted by atomic mass is 16.3. The number of hydrogen-bond donors (Lipinski definition) is 2. The van der Waals surface area contributed by atoms with Crippen molar-refractivity contribution in [3.05, 3.63) is 12.3 Å². The number of carboxylic acid groups (broad SMARTS) is 1. The van der Waals surface area contributed by atoms with E-state index in [-0.39, 0.29) is 12.4 Å². The van der Waals surface area contributed by atoms with E-state index in [9.17, 15) is 4.79 Å². The smallest absolute Gasteiger partial charge is 0.290 e. The highest BCUT2D eigenvalue weighted by molar-refractivity contribution is 5.90. The number of carbonyl (C=O) groups is 2. The van der Waals surface area contributed by atoms with Gasteiger partial charge in [0.15, 0.2) is 0 Å². The van der Waals surface area contributed by atoms with Crippen LogP contribution in [0.15, 0.2) is 12.3 Å². The van der Waals surface area contributed by atoms with Gasteiger partial charge in [-0.25, -0.2) is 4.68 Å². The second-order valence-corrected chi connectivity index (χ2v) is 6.90. The molecule has 1 aromatic heterocycles. The van der Waals surface area contributed by atoms with Gasteiger partial charge in [0.1, 0.15) is 5.82 Å². The van der Waals surface area contributed by atoms with Crippen molar-refractivity contribution in [3.8, 4) is 0 Å². The van der Waals surface area contributed by atoms with Crippen molar-refractivity contribution in [1.29, 1.82) is 0 Å². The molecule has 7 nitrogen and oxygen atoms in total. The molecule has 1 amide bonds. The molecule has 1 saturated carbocycles. The molecule has 25 heavy (non-hydrogen) atoms. The average molecular weight is 350 g/mol.